The van der Waals surface area contributed by atoms with Gasteiger partial charge in [0.25, 0.3) is 5.91 Å². The van der Waals surface area contributed by atoms with Crippen LogP contribution in [0.2, 0.25) is 0 Å². The first kappa shape index (κ1) is 13.2. The molecule has 0 spiro atoms. The molecular formula is C9H7F3N2O2S. The van der Waals surface area contributed by atoms with Crippen LogP contribution >= 0.6 is 12.2 Å². The Hall–Kier alpha value is -1.83. The summed E-state index contributed by atoms with van der Waals surface area (Å²) in [6, 6.07) is 0.390. The molecule has 8 heteroatoms. The average molecular weight is 264 g/mol. The lowest BCUT2D eigenvalue weighted by molar-refractivity contribution is 0.0972. The number of hydrogen-bond acceptors (Lipinski definition) is 3. The third kappa shape index (κ3) is 2.64. The molecule has 3 N–H and O–H groups in total. The van der Waals surface area contributed by atoms with Crippen LogP contribution in [0, 0.1) is 17.5 Å². The van der Waals surface area contributed by atoms with Crippen LogP contribution in [0.1, 0.15) is 10.4 Å². The van der Waals surface area contributed by atoms with Gasteiger partial charge in [-0.05, 0) is 18.3 Å². The van der Waals surface area contributed by atoms with Gasteiger partial charge in [0.2, 0.25) is 5.82 Å². The van der Waals surface area contributed by atoms with Crippen molar-refractivity contribution in [2.24, 2.45) is 5.73 Å². The van der Waals surface area contributed by atoms with E-state index in [2.05, 4.69) is 17.0 Å². The molecule has 1 rings (SSSR count). The van der Waals surface area contributed by atoms with Crippen molar-refractivity contribution in [1.29, 1.82) is 0 Å². The predicted molar refractivity (Wildman–Crippen MR) is 57.1 cm³/mol. The number of ether oxygens (including phenoxy) is 1. The zero-order valence-electron chi connectivity index (χ0n) is 8.51. The van der Waals surface area contributed by atoms with E-state index >= 15 is 0 Å². The van der Waals surface area contributed by atoms with E-state index in [9.17, 15) is 18.0 Å². The maximum absolute atomic E-state index is 13.5. The van der Waals surface area contributed by atoms with Crippen molar-refractivity contribution in [2.45, 2.75) is 0 Å². The molecule has 0 saturated carbocycles. The van der Waals surface area contributed by atoms with Gasteiger partial charge in [-0.3, -0.25) is 10.1 Å². The molecule has 1 aromatic carbocycles. The number of thiocarbonyl (C=S) groups is 1. The molecule has 0 atom stereocenters. The van der Waals surface area contributed by atoms with E-state index in [1.807, 2.05) is 5.32 Å². The number of nitrogens with one attached hydrogen (secondary N) is 1. The topological polar surface area (TPSA) is 64.3 Å². The number of methoxy groups -OCH3 is 1. The molecule has 0 aromatic heterocycles. The molecule has 0 unspecified atom stereocenters. The summed E-state index contributed by atoms with van der Waals surface area (Å²) in [5, 5.41) is 1.47. The zero-order chi connectivity index (χ0) is 13.2. The number of nitrogens with two attached hydrogens (primary N) is 1. The largest absolute Gasteiger partial charge is 0.491 e. The molecule has 0 heterocycles. The predicted octanol–water partition coefficient (Wildman–Crippen LogP) is 1.09. The fourth-order valence-corrected chi connectivity index (χ4v) is 1.20. The molecule has 0 radical (unpaired) electrons. The van der Waals surface area contributed by atoms with Crippen molar-refractivity contribution in [3.63, 3.8) is 0 Å². The highest BCUT2D eigenvalue weighted by atomic mass is 32.1. The van der Waals surface area contributed by atoms with Gasteiger partial charge >= 0.3 is 0 Å². The molecule has 0 aliphatic rings. The van der Waals surface area contributed by atoms with Crippen molar-refractivity contribution < 1.29 is 22.7 Å². The molecule has 1 aromatic rings. The van der Waals surface area contributed by atoms with Gasteiger partial charge in [0.15, 0.2) is 22.5 Å². The molecular weight excluding hydrogens is 257 g/mol. The maximum atomic E-state index is 13.5. The Kier molecular flexibility index (Phi) is 3.89. The molecule has 0 saturated heterocycles. The third-order valence-electron chi connectivity index (χ3n) is 1.80. The summed E-state index contributed by atoms with van der Waals surface area (Å²) in [6.45, 7) is 0. The van der Waals surface area contributed by atoms with Crippen LogP contribution in [-0.4, -0.2) is 18.1 Å². The molecule has 0 aliphatic heterocycles. The van der Waals surface area contributed by atoms with E-state index in [1.165, 1.54) is 0 Å². The highest BCUT2D eigenvalue weighted by molar-refractivity contribution is 7.80. The van der Waals surface area contributed by atoms with E-state index in [1.54, 1.807) is 0 Å². The van der Waals surface area contributed by atoms with Crippen molar-refractivity contribution in [3.8, 4) is 5.75 Å². The van der Waals surface area contributed by atoms with Crippen LogP contribution in [0.25, 0.3) is 0 Å². The van der Waals surface area contributed by atoms with E-state index < -0.39 is 39.8 Å². The quantitative estimate of drug-likeness (QED) is 0.620. The van der Waals surface area contributed by atoms with E-state index in [0.29, 0.717) is 6.07 Å². The lowest BCUT2D eigenvalue weighted by atomic mass is 10.1. The number of halogens is 3. The number of amides is 1. The second-order valence-corrected chi connectivity index (χ2v) is 3.33. The van der Waals surface area contributed by atoms with Crippen molar-refractivity contribution in [2.75, 3.05) is 7.11 Å². The molecule has 92 valence electrons. The molecule has 0 fully saturated rings. The summed E-state index contributed by atoms with van der Waals surface area (Å²) in [5.74, 6) is -6.35. The fourth-order valence-electron chi connectivity index (χ4n) is 1.10. The lowest BCUT2D eigenvalue weighted by Gasteiger charge is -2.09. The highest BCUT2D eigenvalue weighted by Crippen LogP contribution is 2.26. The van der Waals surface area contributed by atoms with Crippen LogP contribution in [-0.2, 0) is 0 Å². The third-order valence-corrected chi connectivity index (χ3v) is 1.90. The van der Waals surface area contributed by atoms with Crippen molar-refractivity contribution in [1.82, 2.24) is 5.32 Å². The first-order chi connectivity index (χ1) is 7.88. The Morgan fingerprint density at radius 1 is 1.41 bits per heavy atom. The Balaban J connectivity index is 3.30. The van der Waals surface area contributed by atoms with Gasteiger partial charge in [-0.25, -0.2) is 8.78 Å². The van der Waals surface area contributed by atoms with Crippen LogP contribution in [0.5, 0.6) is 5.75 Å². The van der Waals surface area contributed by atoms with Crippen LogP contribution in [0.3, 0.4) is 0 Å². The molecule has 4 nitrogen and oxygen atoms in total. The zero-order valence-corrected chi connectivity index (χ0v) is 9.33. The number of rotatable bonds is 2. The normalized spacial score (nSPS) is 9.88. The van der Waals surface area contributed by atoms with Gasteiger partial charge in [0.05, 0.1) is 12.7 Å². The summed E-state index contributed by atoms with van der Waals surface area (Å²) >= 11 is 4.36. The first-order valence-electron chi connectivity index (χ1n) is 4.20. The summed E-state index contributed by atoms with van der Waals surface area (Å²) in [6.07, 6.45) is 0. The summed E-state index contributed by atoms with van der Waals surface area (Å²) in [4.78, 5) is 11.3. The van der Waals surface area contributed by atoms with Crippen LogP contribution in [0.15, 0.2) is 6.07 Å². The van der Waals surface area contributed by atoms with Gasteiger partial charge in [-0.2, -0.15) is 4.39 Å². The Morgan fingerprint density at radius 2 is 2.00 bits per heavy atom. The van der Waals surface area contributed by atoms with Crippen molar-refractivity contribution >= 4 is 23.2 Å². The van der Waals surface area contributed by atoms with Gasteiger partial charge in [0, 0.05) is 0 Å². The van der Waals surface area contributed by atoms with Crippen molar-refractivity contribution in [3.05, 3.63) is 29.1 Å². The minimum atomic E-state index is -1.52. The van der Waals surface area contributed by atoms with Gasteiger partial charge in [-0.15, -0.1) is 0 Å². The second-order valence-electron chi connectivity index (χ2n) is 2.89. The van der Waals surface area contributed by atoms with E-state index in [0.717, 1.165) is 7.11 Å². The number of hydrogen-bond donors (Lipinski definition) is 2. The SMILES string of the molecule is COc1c(F)c(F)cc(C(=O)NC(N)=S)c1F. The monoisotopic (exact) mass is 264 g/mol. The second kappa shape index (κ2) is 5.00. The first-order valence-corrected chi connectivity index (χ1v) is 4.61. The molecule has 0 aliphatic carbocycles. The van der Waals surface area contributed by atoms with Crippen LogP contribution in [0.4, 0.5) is 13.2 Å². The maximum Gasteiger partial charge on any atom is 0.260 e. The minimum absolute atomic E-state index is 0.390. The highest BCUT2D eigenvalue weighted by Gasteiger charge is 2.23. The number of benzene rings is 1. The molecule has 1 amide bonds. The number of carbonyl (C=O) groups is 1. The van der Waals surface area contributed by atoms with Gasteiger partial charge in [0.1, 0.15) is 0 Å². The Labute approximate surface area is 99.5 Å². The van der Waals surface area contributed by atoms with Gasteiger partial charge in [-0.1, -0.05) is 0 Å². The summed E-state index contributed by atoms with van der Waals surface area (Å²) in [5.41, 5.74) is 4.24. The Morgan fingerprint density at radius 3 is 2.47 bits per heavy atom. The molecule has 0 bridgehead atoms. The fraction of sp³-hybridized carbons (Fsp3) is 0.111. The molecule has 17 heavy (non-hydrogen) atoms. The average Bonchev–Trinajstić information content (AvgIpc) is 2.23. The standard InChI is InChI=1S/C9H7F3N2O2S/c1-16-7-5(11)3(2-4(10)6(7)12)8(15)14-9(13)17/h2H,1H3,(H3,13,14,15,17). The van der Waals surface area contributed by atoms with Gasteiger partial charge < -0.3 is 10.5 Å². The number of carbonyl (C=O) groups excluding carboxylic acids is 1. The summed E-state index contributed by atoms with van der Waals surface area (Å²) < 4.78 is 43.9. The van der Waals surface area contributed by atoms with Crippen LogP contribution < -0.4 is 15.8 Å². The Bertz CT molecular complexity index is 494. The van der Waals surface area contributed by atoms with E-state index in [4.69, 9.17) is 5.73 Å². The smallest absolute Gasteiger partial charge is 0.260 e. The van der Waals surface area contributed by atoms with E-state index in [-0.39, 0.29) is 0 Å². The lowest BCUT2D eigenvalue weighted by Crippen LogP contribution is -2.35. The minimum Gasteiger partial charge on any atom is -0.491 e. The summed E-state index contributed by atoms with van der Waals surface area (Å²) in [7, 11) is 0.941.